The number of esters is 1. The van der Waals surface area contributed by atoms with E-state index in [-0.39, 0.29) is 42.8 Å². The average Bonchev–Trinajstić information content (AvgIpc) is 2.93. The quantitative estimate of drug-likeness (QED) is 0.218. The van der Waals surface area contributed by atoms with Gasteiger partial charge in [-0.05, 0) is 55.4 Å². The first-order valence-corrected chi connectivity index (χ1v) is 10.8. The number of carbonyl (C=O) groups is 2. The molecule has 0 saturated heterocycles. The summed E-state index contributed by atoms with van der Waals surface area (Å²) in [4.78, 5) is 21.6. The molecule has 2 N–H and O–H groups in total. The Morgan fingerprint density at radius 3 is 2.70 bits per heavy atom. The van der Waals surface area contributed by atoms with E-state index in [9.17, 15) is 14.7 Å². The van der Waals surface area contributed by atoms with Crippen molar-refractivity contribution < 1.29 is 29.3 Å². The number of aliphatic carboxylic acids is 1. The molecule has 0 aliphatic heterocycles. The first kappa shape index (κ1) is 24.5. The molecule has 0 heterocycles. The van der Waals surface area contributed by atoms with E-state index in [1.807, 2.05) is 12.2 Å². The van der Waals surface area contributed by atoms with Gasteiger partial charge in [0.05, 0.1) is 12.7 Å². The standard InChI is InChI=1S/C22H28Cl2O6/c1-14(25)29-12-15-8-16(23)10-17(9-15)30-13-19-18(20(24)11-21(19)26)6-4-2-3-5-7-22(27)28/h2,4,8-10,18-21,26H,3,5-7,11-13H2,1H3,(H,27,28)/b4-2-/t18-,19?,20-,21?/m1/s1. The van der Waals surface area contributed by atoms with Crippen LogP contribution < -0.4 is 4.74 Å². The number of allylic oxidation sites excluding steroid dienone is 2. The number of ether oxygens (including phenoxy) is 2. The number of unbranched alkanes of at least 4 members (excludes halogenated alkanes) is 1. The van der Waals surface area contributed by atoms with Crippen molar-refractivity contribution in [2.24, 2.45) is 11.8 Å². The summed E-state index contributed by atoms with van der Waals surface area (Å²) in [6, 6.07) is 5.13. The maximum atomic E-state index is 11.0. The van der Waals surface area contributed by atoms with Gasteiger partial charge in [-0.2, -0.15) is 0 Å². The third-order valence-corrected chi connectivity index (χ3v) is 5.85. The lowest BCUT2D eigenvalue weighted by atomic mass is 9.92. The lowest BCUT2D eigenvalue weighted by molar-refractivity contribution is -0.142. The van der Waals surface area contributed by atoms with Crippen molar-refractivity contribution in [1.82, 2.24) is 0 Å². The molecule has 1 aliphatic rings. The molecule has 1 fully saturated rings. The molecule has 8 heteroatoms. The molecule has 0 radical (unpaired) electrons. The Morgan fingerprint density at radius 2 is 2.00 bits per heavy atom. The zero-order valence-corrected chi connectivity index (χ0v) is 18.4. The Kier molecular flexibility index (Phi) is 9.95. The SMILES string of the molecule is CC(=O)OCc1cc(Cl)cc(OCC2C(O)C[C@@H](Cl)[C@@H]2C/C=C\CCCC(=O)O)c1. The maximum Gasteiger partial charge on any atom is 0.303 e. The summed E-state index contributed by atoms with van der Waals surface area (Å²) >= 11 is 12.6. The van der Waals surface area contributed by atoms with Gasteiger partial charge in [-0.1, -0.05) is 23.8 Å². The highest BCUT2D eigenvalue weighted by Crippen LogP contribution is 2.39. The number of hydrogen-bond acceptors (Lipinski definition) is 5. The zero-order chi connectivity index (χ0) is 22.1. The normalized spacial score (nSPS) is 23.6. The van der Waals surface area contributed by atoms with Crippen molar-refractivity contribution in [3.05, 3.63) is 40.9 Å². The molecule has 30 heavy (non-hydrogen) atoms. The second-order valence-electron chi connectivity index (χ2n) is 7.53. The van der Waals surface area contributed by atoms with E-state index < -0.39 is 12.1 Å². The number of aliphatic hydroxyl groups is 1. The maximum absolute atomic E-state index is 11.0. The van der Waals surface area contributed by atoms with Gasteiger partial charge in [0, 0.05) is 29.7 Å². The summed E-state index contributed by atoms with van der Waals surface area (Å²) in [6.45, 7) is 1.74. The highest BCUT2D eigenvalue weighted by atomic mass is 35.5. The van der Waals surface area contributed by atoms with Crippen molar-refractivity contribution in [2.45, 2.75) is 57.1 Å². The van der Waals surface area contributed by atoms with Gasteiger partial charge in [-0.3, -0.25) is 9.59 Å². The highest BCUT2D eigenvalue weighted by molar-refractivity contribution is 6.30. The van der Waals surface area contributed by atoms with E-state index in [1.165, 1.54) is 6.92 Å². The number of carbonyl (C=O) groups excluding carboxylic acids is 1. The largest absolute Gasteiger partial charge is 0.493 e. The third-order valence-electron chi connectivity index (χ3n) is 5.13. The Bertz CT molecular complexity index is 751. The van der Waals surface area contributed by atoms with Crippen molar-refractivity contribution >= 4 is 35.1 Å². The number of aliphatic hydroxyl groups excluding tert-OH is 1. The van der Waals surface area contributed by atoms with Crippen molar-refractivity contribution in [3.8, 4) is 5.75 Å². The van der Waals surface area contributed by atoms with E-state index in [0.29, 0.717) is 36.5 Å². The van der Waals surface area contributed by atoms with Gasteiger partial charge < -0.3 is 19.7 Å². The van der Waals surface area contributed by atoms with E-state index in [0.717, 1.165) is 5.56 Å². The highest BCUT2D eigenvalue weighted by Gasteiger charge is 2.41. The molecule has 0 spiro atoms. The zero-order valence-electron chi connectivity index (χ0n) is 16.9. The summed E-state index contributed by atoms with van der Waals surface area (Å²) < 4.78 is 10.9. The van der Waals surface area contributed by atoms with Crippen molar-refractivity contribution in [2.75, 3.05) is 6.61 Å². The topological polar surface area (TPSA) is 93.1 Å². The molecular weight excluding hydrogens is 431 g/mol. The fourth-order valence-corrected chi connectivity index (χ4v) is 4.32. The smallest absolute Gasteiger partial charge is 0.303 e. The van der Waals surface area contributed by atoms with Crippen LogP contribution in [0.25, 0.3) is 0 Å². The minimum absolute atomic E-state index is 0.0529. The van der Waals surface area contributed by atoms with Crippen LogP contribution in [-0.4, -0.2) is 40.2 Å². The van der Waals surface area contributed by atoms with Crippen LogP contribution in [0.3, 0.4) is 0 Å². The summed E-state index contributed by atoms with van der Waals surface area (Å²) in [7, 11) is 0. The van der Waals surface area contributed by atoms with Gasteiger partial charge in [0.15, 0.2) is 0 Å². The van der Waals surface area contributed by atoms with Crippen LogP contribution in [0.5, 0.6) is 5.75 Å². The van der Waals surface area contributed by atoms with E-state index >= 15 is 0 Å². The lowest BCUT2D eigenvalue weighted by Crippen LogP contribution is -2.27. The first-order chi connectivity index (χ1) is 14.3. The molecule has 4 atom stereocenters. The average molecular weight is 459 g/mol. The molecule has 1 aromatic rings. The summed E-state index contributed by atoms with van der Waals surface area (Å²) in [5.74, 6) is -0.710. The number of hydrogen-bond donors (Lipinski definition) is 2. The van der Waals surface area contributed by atoms with E-state index in [2.05, 4.69) is 0 Å². The number of carboxylic acids is 1. The van der Waals surface area contributed by atoms with Crippen LogP contribution in [0.1, 0.15) is 44.6 Å². The molecule has 2 rings (SSSR count). The van der Waals surface area contributed by atoms with Crippen LogP contribution in [-0.2, 0) is 20.9 Å². The number of carboxylic acid groups (broad SMARTS) is 1. The Balaban J connectivity index is 1.92. The van der Waals surface area contributed by atoms with Crippen LogP contribution in [0.4, 0.5) is 0 Å². The molecule has 1 aliphatic carbocycles. The monoisotopic (exact) mass is 458 g/mol. The summed E-state index contributed by atoms with van der Waals surface area (Å²) in [6.07, 6.45) is 6.05. The van der Waals surface area contributed by atoms with Crippen molar-refractivity contribution in [3.63, 3.8) is 0 Å². The number of halogens is 2. The molecule has 0 aromatic heterocycles. The fraction of sp³-hybridized carbons (Fsp3) is 0.545. The van der Waals surface area contributed by atoms with Crippen LogP contribution in [0.2, 0.25) is 5.02 Å². The van der Waals surface area contributed by atoms with Gasteiger partial charge in [0.1, 0.15) is 12.4 Å². The van der Waals surface area contributed by atoms with Gasteiger partial charge in [-0.25, -0.2) is 0 Å². The van der Waals surface area contributed by atoms with Gasteiger partial charge in [0.25, 0.3) is 0 Å². The third kappa shape index (κ3) is 8.17. The summed E-state index contributed by atoms with van der Waals surface area (Å²) in [5.41, 5.74) is 0.718. The molecule has 1 aromatic carbocycles. The summed E-state index contributed by atoms with van der Waals surface area (Å²) in [5, 5.41) is 19.4. The molecule has 166 valence electrons. The Morgan fingerprint density at radius 1 is 1.23 bits per heavy atom. The first-order valence-electron chi connectivity index (χ1n) is 10.0. The molecule has 6 nitrogen and oxygen atoms in total. The van der Waals surface area contributed by atoms with Crippen LogP contribution in [0.15, 0.2) is 30.4 Å². The van der Waals surface area contributed by atoms with E-state index in [4.69, 9.17) is 37.8 Å². The van der Waals surface area contributed by atoms with Crippen molar-refractivity contribution in [1.29, 1.82) is 0 Å². The molecule has 2 unspecified atom stereocenters. The lowest BCUT2D eigenvalue weighted by Gasteiger charge is -2.23. The Labute approximate surface area is 186 Å². The number of alkyl halides is 1. The molecular formula is C22H28Cl2O6. The Hall–Kier alpha value is -1.76. The van der Waals surface area contributed by atoms with Gasteiger partial charge in [0.2, 0.25) is 0 Å². The van der Waals surface area contributed by atoms with Gasteiger partial charge >= 0.3 is 11.9 Å². The molecule has 0 bridgehead atoms. The minimum Gasteiger partial charge on any atom is -0.493 e. The predicted octanol–water partition coefficient (Wildman–Crippen LogP) is 4.59. The van der Waals surface area contributed by atoms with Crippen LogP contribution in [0, 0.1) is 11.8 Å². The number of benzene rings is 1. The van der Waals surface area contributed by atoms with Crippen LogP contribution >= 0.6 is 23.2 Å². The fourth-order valence-electron chi connectivity index (χ4n) is 3.60. The second kappa shape index (κ2) is 12.2. The molecule has 0 amide bonds. The molecule has 1 saturated carbocycles. The minimum atomic E-state index is -0.794. The predicted molar refractivity (Wildman–Crippen MR) is 115 cm³/mol. The van der Waals surface area contributed by atoms with Gasteiger partial charge in [-0.15, -0.1) is 11.6 Å². The number of rotatable bonds is 11. The van der Waals surface area contributed by atoms with E-state index in [1.54, 1.807) is 18.2 Å². The second-order valence-corrected chi connectivity index (χ2v) is 8.52.